The van der Waals surface area contributed by atoms with E-state index >= 15 is 0 Å². The minimum Gasteiger partial charge on any atom is -0.490 e. The molecule has 1 aromatic rings. The first-order valence-electron chi connectivity index (χ1n) is 8.22. The maximum atomic E-state index is 5.66. The molecule has 0 radical (unpaired) electrons. The summed E-state index contributed by atoms with van der Waals surface area (Å²) in [4.78, 5) is 2.43. The van der Waals surface area contributed by atoms with Crippen molar-refractivity contribution in [3.63, 3.8) is 0 Å². The number of benzene rings is 1. The highest BCUT2D eigenvalue weighted by Crippen LogP contribution is 2.28. The Labute approximate surface area is 157 Å². The predicted molar refractivity (Wildman–Crippen MR) is 102 cm³/mol. The second kappa shape index (κ2) is 13.6. The summed E-state index contributed by atoms with van der Waals surface area (Å²) in [5, 5.41) is 3.49. The molecular weight excluding hydrogens is 351 g/mol. The SMILES string of the molecule is CCOc1ccc(CNCCN2CCOCC2)cc1OCC.Cl.Cl. The highest BCUT2D eigenvalue weighted by Gasteiger charge is 2.09. The highest BCUT2D eigenvalue weighted by molar-refractivity contribution is 5.85. The number of nitrogens with one attached hydrogen (secondary N) is 1. The Hall–Kier alpha value is -0.720. The first-order chi connectivity index (χ1) is 10.8. The Morgan fingerprint density at radius 2 is 1.71 bits per heavy atom. The number of rotatable bonds is 9. The Morgan fingerprint density at radius 1 is 1.04 bits per heavy atom. The van der Waals surface area contributed by atoms with E-state index in [2.05, 4.69) is 22.3 Å². The summed E-state index contributed by atoms with van der Waals surface area (Å²) in [6, 6.07) is 6.15. The summed E-state index contributed by atoms with van der Waals surface area (Å²) in [5.74, 6) is 1.65. The molecule has 0 spiro atoms. The predicted octanol–water partition coefficient (Wildman–Crippen LogP) is 2.75. The molecule has 1 N–H and O–H groups in total. The van der Waals surface area contributed by atoms with Gasteiger partial charge in [0.25, 0.3) is 0 Å². The van der Waals surface area contributed by atoms with Crippen molar-refractivity contribution in [3.05, 3.63) is 23.8 Å². The zero-order valence-electron chi connectivity index (χ0n) is 14.6. The zero-order chi connectivity index (χ0) is 15.6. The van der Waals surface area contributed by atoms with E-state index in [1.807, 2.05) is 19.9 Å². The van der Waals surface area contributed by atoms with Crippen molar-refractivity contribution >= 4 is 24.8 Å². The number of hydrogen-bond acceptors (Lipinski definition) is 5. The Balaban J connectivity index is 0.00000264. The highest BCUT2D eigenvalue weighted by atomic mass is 35.5. The van der Waals surface area contributed by atoms with Crippen LogP contribution >= 0.6 is 24.8 Å². The Bertz CT molecular complexity index is 444. The zero-order valence-corrected chi connectivity index (χ0v) is 16.2. The number of halogens is 2. The summed E-state index contributed by atoms with van der Waals surface area (Å²) in [5.41, 5.74) is 1.22. The van der Waals surface area contributed by atoms with E-state index in [0.29, 0.717) is 13.2 Å². The first kappa shape index (κ1) is 23.3. The van der Waals surface area contributed by atoms with Crippen LogP contribution in [0, 0.1) is 0 Å². The van der Waals surface area contributed by atoms with E-state index < -0.39 is 0 Å². The van der Waals surface area contributed by atoms with Crippen LogP contribution in [0.25, 0.3) is 0 Å². The smallest absolute Gasteiger partial charge is 0.161 e. The van der Waals surface area contributed by atoms with Crippen LogP contribution in [0.15, 0.2) is 18.2 Å². The second-order valence-corrected chi connectivity index (χ2v) is 5.28. The van der Waals surface area contributed by atoms with Gasteiger partial charge in [0.05, 0.1) is 26.4 Å². The van der Waals surface area contributed by atoms with Gasteiger partial charge in [-0.3, -0.25) is 4.90 Å². The van der Waals surface area contributed by atoms with Gasteiger partial charge in [0.15, 0.2) is 11.5 Å². The normalized spacial score (nSPS) is 14.4. The third-order valence-electron chi connectivity index (χ3n) is 3.65. The van der Waals surface area contributed by atoms with Crippen LogP contribution in [0.1, 0.15) is 19.4 Å². The topological polar surface area (TPSA) is 43.0 Å². The molecule has 2 rings (SSSR count). The maximum absolute atomic E-state index is 5.66. The molecule has 1 aliphatic rings. The van der Waals surface area contributed by atoms with Crippen molar-refractivity contribution < 1.29 is 14.2 Å². The molecule has 1 fully saturated rings. The molecule has 1 heterocycles. The number of ether oxygens (including phenoxy) is 3. The van der Waals surface area contributed by atoms with Gasteiger partial charge >= 0.3 is 0 Å². The van der Waals surface area contributed by atoms with Gasteiger partial charge in [-0.1, -0.05) is 6.07 Å². The van der Waals surface area contributed by atoms with Gasteiger partial charge in [-0.15, -0.1) is 24.8 Å². The molecule has 5 nitrogen and oxygen atoms in total. The van der Waals surface area contributed by atoms with E-state index in [1.54, 1.807) is 0 Å². The fraction of sp³-hybridized carbons (Fsp3) is 0.647. The van der Waals surface area contributed by atoms with Gasteiger partial charge in [0.2, 0.25) is 0 Å². The average molecular weight is 381 g/mol. The molecule has 0 atom stereocenters. The fourth-order valence-corrected chi connectivity index (χ4v) is 2.50. The monoisotopic (exact) mass is 380 g/mol. The lowest BCUT2D eigenvalue weighted by Crippen LogP contribution is -2.40. The van der Waals surface area contributed by atoms with E-state index in [4.69, 9.17) is 14.2 Å². The van der Waals surface area contributed by atoms with E-state index in [0.717, 1.165) is 57.4 Å². The van der Waals surface area contributed by atoms with Crippen LogP contribution in [0.2, 0.25) is 0 Å². The quantitative estimate of drug-likeness (QED) is 0.667. The van der Waals surface area contributed by atoms with Gasteiger partial charge in [-0.05, 0) is 31.5 Å². The molecule has 1 aromatic carbocycles. The standard InChI is InChI=1S/C17H28N2O3.2ClH/c1-3-21-16-6-5-15(13-17(16)22-4-2)14-18-7-8-19-9-11-20-12-10-19;;/h5-6,13,18H,3-4,7-12,14H2,1-2H3;2*1H. The Morgan fingerprint density at radius 3 is 2.38 bits per heavy atom. The molecule has 0 bridgehead atoms. The van der Waals surface area contributed by atoms with Gasteiger partial charge < -0.3 is 19.5 Å². The van der Waals surface area contributed by atoms with Crippen molar-refractivity contribution in [3.8, 4) is 11.5 Å². The maximum Gasteiger partial charge on any atom is 0.161 e. The van der Waals surface area contributed by atoms with Gasteiger partial charge in [0, 0.05) is 32.7 Å². The third-order valence-corrected chi connectivity index (χ3v) is 3.65. The van der Waals surface area contributed by atoms with Crippen LogP contribution in [0.3, 0.4) is 0 Å². The largest absolute Gasteiger partial charge is 0.490 e. The fourth-order valence-electron chi connectivity index (χ4n) is 2.50. The van der Waals surface area contributed by atoms with Crippen LogP contribution in [-0.4, -0.2) is 57.5 Å². The lowest BCUT2D eigenvalue weighted by Gasteiger charge is -2.26. The van der Waals surface area contributed by atoms with Crippen LogP contribution < -0.4 is 14.8 Å². The minimum atomic E-state index is 0. The molecule has 0 amide bonds. The first-order valence-corrected chi connectivity index (χ1v) is 8.22. The second-order valence-electron chi connectivity index (χ2n) is 5.28. The van der Waals surface area contributed by atoms with Crippen LogP contribution in [0.4, 0.5) is 0 Å². The minimum absolute atomic E-state index is 0. The number of hydrogen-bond donors (Lipinski definition) is 1. The van der Waals surface area contributed by atoms with Crippen molar-refractivity contribution in [1.82, 2.24) is 10.2 Å². The molecule has 1 aliphatic heterocycles. The number of morpholine rings is 1. The third kappa shape index (κ3) is 7.90. The molecule has 0 aliphatic carbocycles. The van der Waals surface area contributed by atoms with Crippen molar-refractivity contribution in [1.29, 1.82) is 0 Å². The van der Waals surface area contributed by atoms with Crippen LogP contribution in [-0.2, 0) is 11.3 Å². The Kier molecular flexibility index (Phi) is 13.2. The summed E-state index contributed by atoms with van der Waals surface area (Å²) in [6.07, 6.45) is 0. The van der Waals surface area contributed by atoms with Crippen molar-refractivity contribution in [2.45, 2.75) is 20.4 Å². The molecule has 1 saturated heterocycles. The summed E-state index contributed by atoms with van der Waals surface area (Å²) >= 11 is 0. The lowest BCUT2D eigenvalue weighted by molar-refractivity contribution is 0.0384. The molecule has 7 heteroatoms. The van der Waals surface area contributed by atoms with Gasteiger partial charge in [0.1, 0.15) is 0 Å². The number of nitrogens with zero attached hydrogens (tertiary/aromatic N) is 1. The summed E-state index contributed by atoms with van der Waals surface area (Å²) in [7, 11) is 0. The van der Waals surface area contributed by atoms with Gasteiger partial charge in [-0.2, -0.15) is 0 Å². The van der Waals surface area contributed by atoms with E-state index in [9.17, 15) is 0 Å². The van der Waals surface area contributed by atoms with E-state index in [-0.39, 0.29) is 24.8 Å². The van der Waals surface area contributed by atoms with Gasteiger partial charge in [-0.25, -0.2) is 0 Å². The molecule has 0 saturated carbocycles. The molecule has 0 aromatic heterocycles. The van der Waals surface area contributed by atoms with Crippen molar-refractivity contribution in [2.24, 2.45) is 0 Å². The van der Waals surface area contributed by atoms with Crippen molar-refractivity contribution in [2.75, 3.05) is 52.6 Å². The van der Waals surface area contributed by atoms with E-state index in [1.165, 1.54) is 5.56 Å². The summed E-state index contributed by atoms with van der Waals surface area (Å²) in [6.45, 7) is 12.0. The molecule has 0 unspecified atom stereocenters. The molecule has 24 heavy (non-hydrogen) atoms. The summed E-state index contributed by atoms with van der Waals surface area (Å²) < 4.78 is 16.6. The molecular formula is C17H30Cl2N2O3. The molecule has 140 valence electrons. The lowest BCUT2D eigenvalue weighted by atomic mass is 10.2. The average Bonchev–Trinajstić information content (AvgIpc) is 2.55. The van der Waals surface area contributed by atoms with Crippen LogP contribution in [0.5, 0.6) is 11.5 Å².